The molecule has 228 valence electrons. The van der Waals surface area contributed by atoms with Crippen molar-refractivity contribution >= 4 is 17.6 Å². The van der Waals surface area contributed by atoms with Crippen molar-refractivity contribution in [2.75, 3.05) is 10.4 Å². The molecular weight excluding hydrogens is 584 g/mol. The zero-order chi connectivity index (χ0) is 30.8. The summed E-state index contributed by atoms with van der Waals surface area (Å²) in [6.07, 6.45) is -17.3. The van der Waals surface area contributed by atoms with Crippen LogP contribution in [0, 0.1) is 0 Å². The molecule has 0 radical (unpaired) electrons. The largest absolute Gasteiger partial charge is 0.416 e. The first-order valence-corrected chi connectivity index (χ1v) is 12.2. The standard InChI is InChI=1S/C25H24F12N4/c1-2-3-4-5-21-20(40-39-18-10-14(22(26,27)28)8-15(11-18)23(29,30)31)6-7-38-41(21)19-12-16(24(32,33)34)9-17(13-19)25(35,36)37/h7-13,20-21,39-40H,2-6H2,1H3. The number of alkyl halides is 12. The minimum atomic E-state index is -5.12. The third kappa shape index (κ3) is 8.42. The molecule has 2 aromatic rings. The van der Waals surface area contributed by atoms with Gasteiger partial charge in [-0.1, -0.05) is 26.2 Å². The lowest BCUT2D eigenvalue weighted by Gasteiger charge is -2.39. The minimum absolute atomic E-state index is 0.0104. The molecule has 2 atom stereocenters. The number of benzene rings is 2. The van der Waals surface area contributed by atoms with Crippen LogP contribution in [-0.4, -0.2) is 18.3 Å². The fourth-order valence-corrected chi connectivity index (χ4v) is 4.28. The Bertz CT molecular complexity index is 1150. The molecule has 0 aliphatic carbocycles. The average Bonchev–Trinajstić information content (AvgIpc) is 2.85. The fraction of sp³-hybridized carbons (Fsp3) is 0.480. The Morgan fingerprint density at radius 2 is 1.17 bits per heavy atom. The van der Waals surface area contributed by atoms with E-state index in [4.69, 9.17) is 0 Å². The second kappa shape index (κ2) is 12.0. The predicted molar refractivity (Wildman–Crippen MR) is 127 cm³/mol. The number of hydrazine groups is 1. The van der Waals surface area contributed by atoms with Gasteiger partial charge in [-0.3, -0.25) is 5.01 Å². The van der Waals surface area contributed by atoms with E-state index in [1.54, 1.807) is 0 Å². The second-order valence-electron chi connectivity index (χ2n) is 9.38. The Morgan fingerprint density at radius 3 is 1.61 bits per heavy atom. The van der Waals surface area contributed by atoms with Crippen LogP contribution in [-0.2, 0) is 24.7 Å². The summed E-state index contributed by atoms with van der Waals surface area (Å²) in [4.78, 5) is 0. The molecule has 0 saturated heterocycles. The molecular formula is C25H24F12N4. The van der Waals surface area contributed by atoms with Crippen LogP contribution in [0.25, 0.3) is 0 Å². The van der Waals surface area contributed by atoms with E-state index in [0.29, 0.717) is 43.5 Å². The van der Waals surface area contributed by atoms with Crippen molar-refractivity contribution in [3.63, 3.8) is 0 Å². The van der Waals surface area contributed by atoms with Crippen LogP contribution in [0.4, 0.5) is 64.1 Å². The number of hydrogen-bond donors (Lipinski definition) is 2. The van der Waals surface area contributed by atoms with Gasteiger partial charge in [-0.25, -0.2) is 5.43 Å². The van der Waals surface area contributed by atoms with Gasteiger partial charge in [-0.15, -0.1) is 0 Å². The number of anilines is 2. The number of rotatable bonds is 8. The molecule has 0 aromatic heterocycles. The Hall–Kier alpha value is -3.17. The van der Waals surface area contributed by atoms with Gasteiger partial charge < -0.3 is 5.43 Å². The Balaban J connectivity index is 1.98. The van der Waals surface area contributed by atoms with E-state index in [1.165, 1.54) is 6.21 Å². The van der Waals surface area contributed by atoms with E-state index in [2.05, 4.69) is 16.0 Å². The second-order valence-corrected chi connectivity index (χ2v) is 9.38. The fourth-order valence-electron chi connectivity index (χ4n) is 4.28. The smallest absolute Gasteiger partial charge is 0.321 e. The van der Waals surface area contributed by atoms with Gasteiger partial charge >= 0.3 is 24.7 Å². The lowest BCUT2D eigenvalue weighted by atomic mass is 9.96. The van der Waals surface area contributed by atoms with E-state index in [-0.39, 0.29) is 25.0 Å². The molecule has 1 aliphatic heterocycles. The Kier molecular flexibility index (Phi) is 9.45. The quantitative estimate of drug-likeness (QED) is 0.179. The van der Waals surface area contributed by atoms with Crippen molar-refractivity contribution in [2.24, 2.45) is 5.10 Å². The van der Waals surface area contributed by atoms with Gasteiger partial charge in [0.05, 0.1) is 40.0 Å². The highest BCUT2D eigenvalue weighted by atomic mass is 19.4. The van der Waals surface area contributed by atoms with E-state index < -0.39 is 70.4 Å². The van der Waals surface area contributed by atoms with Crippen LogP contribution in [0.2, 0.25) is 0 Å². The molecule has 0 saturated carbocycles. The summed E-state index contributed by atoms with van der Waals surface area (Å²) < 4.78 is 160. The molecule has 3 rings (SSSR count). The number of nitrogens with one attached hydrogen (secondary N) is 2. The monoisotopic (exact) mass is 608 g/mol. The summed E-state index contributed by atoms with van der Waals surface area (Å²) in [6, 6.07) is -0.0356. The minimum Gasteiger partial charge on any atom is -0.321 e. The SMILES string of the molecule is CCCCCC1C(NNc2cc(C(F)(F)F)cc(C(F)(F)F)c2)CC=NN1c1cc(C(F)(F)F)cc(C(F)(F)F)c1. The van der Waals surface area contributed by atoms with Gasteiger partial charge in [0.25, 0.3) is 0 Å². The number of nitrogens with zero attached hydrogens (tertiary/aromatic N) is 2. The molecule has 1 aliphatic rings. The van der Waals surface area contributed by atoms with Gasteiger partial charge in [0.2, 0.25) is 0 Å². The Morgan fingerprint density at radius 1 is 0.707 bits per heavy atom. The highest BCUT2D eigenvalue weighted by molar-refractivity contribution is 5.65. The number of halogens is 12. The van der Waals surface area contributed by atoms with Crippen LogP contribution in [0.3, 0.4) is 0 Å². The topological polar surface area (TPSA) is 39.7 Å². The molecule has 2 unspecified atom stereocenters. The zero-order valence-corrected chi connectivity index (χ0v) is 21.2. The number of hydrogen-bond acceptors (Lipinski definition) is 4. The van der Waals surface area contributed by atoms with Gasteiger partial charge in [0.1, 0.15) is 0 Å². The van der Waals surface area contributed by atoms with Crippen LogP contribution in [0.5, 0.6) is 0 Å². The third-order valence-electron chi connectivity index (χ3n) is 6.27. The van der Waals surface area contributed by atoms with E-state index >= 15 is 0 Å². The van der Waals surface area contributed by atoms with Crippen molar-refractivity contribution in [2.45, 2.75) is 75.8 Å². The van der Waals surface area contributed by atoms with Crippen LogP contribution < -0.4 is 15.9 Å². The molecule has 1 heterocycles. The Labute approximate surface area is 226 Å². The van der Waals surface area contributed by atoms with Crippen molar-refractivity contribution < 1.29 is 52.7 Å². The number of hydrazone groups is 1. The van der Waals surface area contributed by atoms with Crippen molar-refractivity contribution in [3.8, 4) is 0 Å². The van der Waals surface area contributed by atoms with Crippen molar-refractivity contribution in [1.29, 1.82) is 0 Å². The first kappa shape index (κ1) is 32.3. The highest BCUT2D eigenvalue weighted by Crippen LogP contribution is 2.40. The lowest BCUT2D eigenvalue weighted by molar-refractivity contribution is -0.144. The summed E-state index contributed by atoms with van der Waals surface area (Å²) in [7, 11) is 0. The maximum absolute atomic E-state index is 13.5. The van der Waals surface area contributed by atoms with Crippen molar-refractivity contribution in [1.82, 2.24) is 5.43 Å². The maximum atomic E-state index is 13.5. The maximum Gasteiger partial charge on any atom is 0.416 e. The van der Waals surface area contributed by atoms with Crippen LogP contribution >= 0.6 is 0 Å². The molecule has 4 nitrogen and oxygen atoms in total. The summed E-state index contributed by atoms with van der Waals surface area (Å²) in [5, 5.41) is 4.97. The first-order chi connectivity index (χ1) is 18.8. The molecule has 0 amide bonds. The van der Waals surface area contributed by atoms with Gasteiger partial charge in [-0.2, -0.15) is 57.8 Å². The van der Waals surface area contributed by atoms with E-state index in [0.717, 1.165) is 5.01 Å². The molecule has 16 heteroatoms. The van der Waals surface area contributed by atoms with Gasteiger partial charge in [0.15, 0.2) is 0 Å². The molecule has 0 bridgehead atoms. The van der Waals surface area contributed by atoms with E-state index in [9.17, 15) is 52.7 Å². The van der Waals surface area contributed by atoms with E-state index in [1.807, 2.05) is 6.92 Å². The summed E-state index contributed by atoms with van der Waals surface area (Å²) >= 11 is 0. The van der Waals surface area contributed by atoms with Crippen LogP contribution in [0.15, 0.2) is 41.5 Å². The van der Waals surface area contributed by atoms with Gasteiger partial charge in [0, 0.05) is 18.3 Å². The van der Waals surface area contributed by atoms with Crippen molar-refractivity contribution in [3.05, 3.63) is 58.7 Å². The van der Waals surface area contributed by atoms with Gasteiger partial charge in [-0.05, 0) is 42.8 Å². The summed E-state index contributed by atoms with van der Waals surface area (Å²) in [5.41, 5.74) is -2.52. The lowest BCUT2D eigenvalue weighted by Crippen LogP contribution is -2.53. The summed E-state index contributed by atoms with van der Waals surface area (Å²) in [5.74, 6) is 0. The normalized spacial score (nSPS) is 18.6. The summed E-state index contributed by atoms with van der Waals surface area (Å²) in [6.45, 7) is 1.85. The number of unbranched alkanes of at least 4 members (excludes halogenated alkanes) is 2. The zero-order valence-electron chi connectivity index (χ0n) is 21.2. The molecule has 2 N–H and O–H groups in total. The predicted octanol–water partition coefficient (Wildman–Crippen LogP) is 8.89. The third-order valence-corrected chi connectivity index (χ3v) is 6.27. The van der Waals surface area contributed by atoms with Crippen LogP contribution in [0.1, 0.15) is 61.3 Å². The average molecular weight is 608 g/mol. The molecule has 0 fully saturated rings. The molecule has 2 aromatic carbocycles. The molecule has 41 heavy (non-hydrogen) atoms. The first-order valence-electron chi connectivity index (χ1n) is 12.2. The molecule has 0 spiro atoms. The highest BCUT2D eigenvalue weighted by Gasteiger charge is 2.40.